The third-order valence-corrected chi connectivity index (χ3v) is 9.18. The van der Waals surface area contributed by atoms with Gasteiger partial charge in [-0.15, -0.1) is 0 Å². The second-order valence-electron chi connectivity index (χ2n) is 12.2. The van der Waals surface area contributed by atoms with Crippen LogP contribution in [0.2, 0.25) is 0 Å². The van der Waals surface area contributed by atoms with Gasteiger partial charge in [0.1, 0.15) is 11.2 Å². The lowest BCUT2D eigenvalue weighted by Gasteiger charge is -2.10. The number of dihydropyridines is 1. The van der Waals surface area contributed by atoms with Crippen molar-refractivity contribution in [2.75, 3.05) is 6.54 Å². The maximum Gasteiger partial charge on any atom is 0.309 e. The molecule has 2 aromatic heterocycles. The number of benzene rings is 6. The maximum atomic E-state index is 6.42. The van der Waals surface area contributed by atoms with Gasteiger partial charge >= 0.3 is 5.82 Å². The standard InChI is InChI=1S/C44H30N4O/c1-3-9-29(10-4-1)34-13-7-14-36(27-34)43-46-42(33-11-5-2-6-12-33)47-44(48-43)37-15-8-16-40-41(37)38-28-35(21-22-39(38)49-40)31-19-17-30(18-20-31)32-23-25-45-26-24-32/h1-23,25,27-28H,24,26H2/p+1. The second-order valence-corrected chi connectivity index (χ2v) is 12.2. The summed E-state index contributed by atoms with van der Waals surface area (Å²) in [6.07, 6.45) is 4.99. The molecule has 0 saturated carbocycles. The van der Waals surface area contributed by atoms with E-state index in [1.165, 1.54) is 11.1 Å². The Morgan fingerprint density at radius 3 is 1.92 bits per heavy atom. The van der Waals surface area contributed by atoms with Crippen LogP contribution in [0.1, 0.15) is 12.0 Å². The molecule has 0 atom stereocenters. The summed E-state index contributed by atoms with van der Waals surface area (Å²) in [5, 5.41) is 2.03. The number of furan rings is 1. The van der Waals surface area contributed by atoms with E-state index < -0.39 is 0 Å². The maximum absolute atomic E-state index is 6.42. The number of hydrogen-bond acceptors (Lipinski definition) is 4. The van der Waals surface area contributed by atoms with Crippen LogP contribution in [0.15, 0.2) is 161 Å². The zero-order valence-corrected chi connectivity index (χ0v) is 26.7. The van der Waals surface area contributed by atoms with Crippen LogP contribution < -0.4 is 4.98 Å². The predicted octanol–water partition coefficient (Wildman–Crippen LogP) is 10.4. The Hall–Kier alpha value is -6.46. The summed E-state index contributed by atoms with van der Waals surface area (Å²) in [4.78, 5) is 18.2. The summed E-state index contributed by atoms with van der Waals surface area (Å²) in [5.41, 5.74) is 11.6. The molecule has 1 aliphatic rings. The van der Waals surface area contributed by atoms with Crippen molar-refractivity contribution in [3.05, 3.63) is 157 Å². The topological polar surface area (TPSA) is 65.4 Å². The Bertz CT molecular complexity index is 2530. The first kappa shape index (κ1) is 28.7. The van der Waals surface area contributed by atoms with E-state index >= 15 is 0 Å². The molecule has 0 aliphatic carbocycles. The summed E-state index contributed by atoms with van der Waals surface area (Å²) < 4.78 is 6.42. The molecule has 0 radical (unpaired) electrons. The van der Waals surface area contributed by atoms with Crippen LogP contribution in [0.25, 0.3) is 83.9 Å². The molecule has 5 nitrogen and oxygen atoms in total. The van der Waals surface area contributed by atoms with Crippen molar-refractivity contribution >= 4 is 33.7 Å². The Morgan fingerprint density at radius 1 is 0.510 bits per heavy atom. The summed E-state index contributed by atoms with van der Waals surface area (Å²) in [6.45, 7) is 0.845. The molecule has 0 saturated heterocycles. The van der Waals surface area contributed by atoms with Gasteiger partial charge < -0.3 is 4.42 Å². The van der Waals surface area contributed by atoms with Crippen molar-refractivity contribution in [3.63, 3.8) is 0 Å². The van der Waals surface area contributed by atoms with Gasteiger partial charge in [0.2, 0.25) is 0 Å². The molecule has 8 aromatic rings. The highest BCUT2D eigenvalue weighted by Gasteiger charge is 2.24. The van der Waals surface area contributed by atoms with Gasteiger partial charge in [0.25, 0.3) is 11.6 Å². The average Bonchev–Trinajstić information content (AvgIpc) is 3.57. The predicted molar refractivity (Wildman–Crippen MR) is 199 cm³/mol. The minimum atomic E-state index is 0.630. The molecule has 5 heteroatoms. The summed E-state index contributed by atoms with van der Waals surface area (Å²) in [6, 6.07) is 50.4. The summed E-state index contributed by atoms with van der Waals surface area (Å²) >= 11 is 0. The van der Waals surface area contributed by atoms with Crippen LogP contribution in [-0.2, 0) is 0 Å². The van der Waals surface area contributed by atoms with E-state index in [1.807, 2.05) is 42.6 Å². The lowest BCUT2D eigenvalue weighted by Crippen LogP contribution is -2.17. The molecular formula is C44H31N4O+. The highest BCUT2D eigenvalue weighted by molar-refractivity contribution is 6.12. The molecule has 232 valence electrons. The molecule has 0 fully saturated rings. The Kier molecular flexibility index (Phi) is 7.21. The van der Waals surface area contributed by atoms with Gasteiger partial charge in [-0.05, 0) is 94.4 Å². The Balaban J connectivity index is 1.19. The van der Waals surface area contributed by atoms with Crippen LogP contribution in [0.5, 0.6) is 0 Å². The number of hydrogen-bond donors (Lipinski definition) is 0. The molecule has 0 amide bonds. The molecule has 3 heterocycles. The van der Waals surface area contributed by atoms with Gasteiger partial charge in [-0.1, -0.05) is 107 Å². The zero-order chi connectivity index (χ0) is 32.6. The molecule has 9 rings (SSSR count). The lowest BCUT2D eigenvalue weighted by molar-refractivity contribution is -0.359. The van der Waals surface area contributed by atoms with E-state index in [2.05, 4.69) is 125 Å². The van der Waals surface area contributed by atoms with E-state index in [4.69, 9.17) is 14.4 Å². The van der Waals surface area contributed by atoms with Gasteiger partial charge in [0.05, 0.1) is 16.7 Å². The summed E-state index contributed by atoms with van der Waals surface area (Å²) in [7, 11) is 0. The number of fused-ring (bicyclic) bond motifs is 3. The van der Waals surface area contributed by atoms with Crippen LogP contribution in [0, 0.1) is 0 Å². The zero-order valence-electron chi connectivity index (χ0n) is 26.7. The molecule has 6 aromatic carbocycles. The number of aromatic amines is 1. The Labute approximate surface area is 284 Å². The van der Waals surface area contributed by atoms with Crippen molar-refractivity contribution in [2.45, 2.75) is 6.42 Å². The molecule has 1 N–H and O–H groups in total. The van der Waals surface area contributed by atoms with Crippen molar-refractivity contribution in [2.24, 2.45) is 4.99 Å². The van der Waals surface area contributed by atoms with Crippen molar-refractivity contribution < 1.29 is 9.40 Å². The number of rotatable bonds is 6. The second kappa shape index (κ2) is 12.3. The largest absolute Gasteiger partial charge is 0.456 e. The fraction of sp³-hybridized carbons (Fsp3) is 0.0455. The number of aliphatic imine (C=N–C) groups is 1. The number of aromatic nitrogens is 3. The van der Waals surface area contributed by atoms with Gasteiger partial charge in [0.15, 0.2) is 0 Å². The van der Waals surface area contributed by atoms with Gasteiger partial charge in [-0.3, -0.25) is 4.99 Å². The monoisotopic (exact) mass is 631 g/mol. The molecule has 0 spiro atoms. The molecular weight excluding hydrogens is 601 g/mol. The first-order valence-corrected chi connectivity index (χ1v) is 16.5. The van der Waals surface area contributed by atoms with E-state index in [0.717, 1.165) is 85.5 Å². The minimum absolute atomic E-state index is 0.630. The van der Waals surface area contributed by atoms with Gasteiger partial charge in [-0.25, -0.2) is 4.98 Å². The smallest absolute Gasteiger partial charge is 0.309 e. The van der Waals surface area contributed by atoms with Crippen LogP contribution in [-0.4, -0.2) is 22.7 Å². The third-order valence-electron chi connectivity index (χ3n) is 9.18. The van der Waals surface area contributed by atoms with Crippen LogP contribution in [0.3, 0.4) is 0 Å². The van der Waals surface area contributed by atoms with E-state index in [9.17, 15) is 0 Å². The highest BCUT2D eigenvalue weighted by atomic mass is 16.3. The van der Waals surface area contributed by atoms with Gasteiger partial charge in [0, 0.05) is 23.5 Å². The molecule has 0 unspecified atom stereocenters. The minimum Gasteiger partial charge on any atom is -0.456 e. The van der Waals surface area contributed by atoms with Crippen molar-refractivity contribution in [3.8, 4) is 56.4 Å². The quantitative estimate of drug-likeness (QED) is 0.183. The average molecular weight is 632 g/mol. The number of H-pyrrole nitrogens is 1. The van der Waals surface area contributed by atoms with Crippen molar-refractivity contribution in [1.82, 2.24) is 9.97 Å². The molecule has 49 heavy (non-hydrogen) atoms. The van der Waals surface area contributed by atoms with Crippen LogP contribution >= 0.6 is 0 Å². The first-order chi connectivity index (χ1) is 24.3. The Morgan fingerprint density at radius 2 is 1.14 bits per heavy atom. The fourth-order valence-corrected chi connectivity index (χ4v) is 6.67. The molecule has 1 aliphatic heterocycles. The van der Waals surface area contributed by atoms with Gasteiger partial charge in [-0.2, -0.15) is 0 Å². The summed E-state index contributed by atoms with van der Waals surface area (Å²) in [5.74, 6) is 2.12. The van der Waals surface area contributed by atoms with Crippen LogP contribution in [0.4, 0.5) is 0 Å². The SMILES string of the molecule is C1=NCCC(c2ccc(-c3ccc4oc5cccc(-c6nc(-c7ccccc7)[nH+]c(-c7cccc(-c8ccccc8)c7)n6)c5c4c3)cc2)=C1. The van der Waals surface area contributed by atoms with E-state index in [1.54, 1.807) is 0 Å². The lowest BCUT2D eigenvalue weighted by atomic mass is 9.96. The van der Waals surface area contributed by atoms with E-state index in [0.29, 0.717) is 5.82 Å². The van der Waals surface area contributed by atoms with E-state index in [-0.39, 0.29) is 0 Å². The number of nitrogens with one attached hydrogen (secondary N) is 1. The fourth-order valence-electron chi connectivity index (χ4n) is 6.67. The number of allylic oxidation sites excluding steroid dienone is 1. The molecule has 0 bridgehead atoms. The number of nitrogens with zero attached hydrogens (tertiary/aromatic N) is 3. The van der Waals surface area contributed by atoms with Crippen molar-refractivity contribution in [1.29, 1.82) is 0 Å². The third kappa shape index (κ3) is 5.51. The highest BCUT2D eigenvalue weighted by Crippen LogP contribution is 2.38. The first-order valence-electron chi connectivity index (χ1n) is 16.5. The normalized spacial score (nSPS) is 12.8.